The second kappa shape index (κ2) is 9.59. The molecule has 11 heteroatoms. The van der Waals surface area contributed by atoms with Crippen LogP contribution >= 0.6 is 11.6 Å². The summed E-state index contributed by atoms with van der Waals surface area (Å²) >= 11 is 6.14. The first-order chi connectivity index (χ1) is 17.7. The standard InChI is InChI=1S/C26H22ClF3N4O3/c1-15-14-33(10-11-34(15)25(35)18-4-3-9-31-23(18)27)24-19-13-17(36-2)6-8-21(19)37-22-7-5-16(26(28,29)30)12-20(22)32-24/h3-9,12-13,15H,10-11,14H2,1-2H3/t15-/m1/s1. The quantitative estimate of drug-likeness (QED) is 0.392. The number of rotatable bonds is 2. The normalized spacial score (nSPS) is 17.2. The molecular formula is C26H22ClF3N4O3. The van der Waals surface area contributed by atoms with Gasteiger partial charge in [-0.3, -0.25) is 4.79 Å². The van der Waals surface area contributed by atoms with E-state index in [2.05, 4.69) is 9.98 Å². The van der Waals surface area contributed by atoms with Crippen molar-refractivity contribution in [2.45, 2.75) is 19.1 Å². The van der Waals surface area contributed by atoms with Crippen molar-refractivity contribution >= 4 is 29.0 Å². The molecule has 0 bridgehead atoms. The summed E-state index contributed by atoms with van der Waals surface area (Å²) < 4.78 is 51.7. The Hall–Kier alpha value is -3.79. The highest BCUT2D eigenvalue weighted by Gasteiger charge is 2.35. The smallest absolute Gasteiger partial charge is 0.416 e. The number of fused-ring (bicyclic) bond motifs is 2. The molecule has 5 rings (SSSR count). The van der Waals surface area contributed by atoms with Crippen LogP contribution in [-0.4, -0.2) is 59.3 Å². The van der Waals surface area contributed by atoms with Crippen LogP contribution in [0, 0.1) is 0 Å². The Labute approximate surface area is 216 Å². The molecule has 0 aliphatic carbocycles. The number of amides is 1. The van der Waals surface area contributed by atoms with E-state index in [1.807, 2.05) is 11.8 Å². The Balaban J connectivity index is 1.52. The third kappa shape index (κ3) is 4.81. The fourth-order valence-corrected chi connectivity index (χ4v) is 4.65. The van der Waals surface area contributed by atoms with Crippen LogP contribution in [0.15, 0.2) is 59.7 Å². The zero-order valence-corrected chi connectivity index (χ0v) is 20.7. The largest absolute Gasteiger partial charge is 0.497 e. The molecule has 2 aliphatic heterocycles. The lowest BCUT2D eigenvalue weighted by Crippen LogP contribution is -2.55. The Morgan fingerprint density at radius 2 is 1.92 bits per heavy atom. The van der Waals surface area contributed by atoms with E-state index < -0.39 is 11.7 Å². The van der Waals surface area contributed by atoms with Gasteiger partial charge in [-0.05, 0) is 55.5 Å². The van der Waals surface area contributed by atoms with Crippen LogP contribution in [0.25, 0.3) is 0 Å². The van der Waals surface area contributed by atoms with E-state index in [9.17, 15) is 18.0 Å². The molecule has 2 aromatic carbocycles. The summed E-state index contributed by atoms with van der Waals surface area (Å²) in [6.07, 6.45) is -3.01. The predicted octanol–water partition coefficient (Wildman–Crippen LogP) is 5.79. The highest BCUT2D eigenvalue weighted by atomic mass is 35.5. The summed E-state index contributed by atoms with van der Waals surface area (Å²) in [7, 11) is 1.52. The number of piperazine rings is 1. The Bertz CT molecular complexity index is 1400. The maximum absolute atomic E-state index is 13.4. The molecule has 0 unspecified atom stereocenters. The lowest BCUT2D eigenvalue weighted by atomic mass is 10.1. The van der Waals surface area contributed by atoms with Crippen LogP contribution in [0.4, 0.5) is 18.9 Å². The zero-order chi connectivity index (χ0) is 26.3. The fraction of sp³-hybridized carbons (Fsp3) is 0.269. The van der Waals surface area contributed by atoms with Gasteiger partial charge in [0.2, 0.25) is 0 Å². The number of benzene rings is 2. The number of ether oxygens (including phenoxy) is 2. The van der Waals surface area contributed by atoms with Crippen molar-refractivity contribution in [3.8, 4) is 17.2 Å². The monoisotopic (exact) mass is 530 g/mol. The number of carbonyl (C=O) groups is 1. The van der Waals surface area contributed by atoms with Gasteiger partial charge >= 0.3 is 6.18 Å². The van der Waals surface area contributed by atoms with Crippen molar-refractivity contribution in [3.05, 3.63) is 76.6 Å². The van der Waals surface area contributed by atoms with Gasteiger partial charge in [0.1, 0.15) is 28.2 Å². The summed E-state index contributed by atoms with van der Waals surface area (Å²) in [5, 5.41) is 0.130. The van der Waals surface area contributed by atoms with E-state index in [0.29, 0.717) is 48.1 Å². The molecule has 3 aromatic rings. The predicted molar refractivity (Wildman–Crippen MR) is 132 cm³/mol. The third-order valence-electron chi connectivity index (χ3n) is 6.34. The minimum absolute atomic E-state index is 0.0632. The van der Waals surface area contributed by atoms with Crippen LogP contribution < -0.4 is 9.47 Å². The van der Waals surface area contributed by atoms with Crippen LogP contribution in [0.3, 0.4) is 0 Å². The molecule has 1 fully saturated rings. The van der Waals surface area contributed by atoms with E-state index in [0.717, 1.165) is 12.1 Å². The van der Waals surface area contributed by atoms with E-state index in [1.54, 1.807) is 35.2 Å². The van der Waals surface area contributed by atoms with Crippen molar-refractivity contribution in [2.75, 3.05) is 26.7 Å². The molecule has 0 radical (unpaired) electrons. The number of carbonyl (C=O) groups excluding carboxylic acids is 1. The molecule has 2 aliphatic rings. The average Bonchev–Trinajstić information content (AvgIpc) is 3.03. The van der Waals surface area contributed by atoms with Crippen molar-refractivity contribution in [3.63, 3.8) is 0 Å². The van der Waals surface area contributed by atoms with Gasteiger partial charge in [-0.1, -0.05) is 11.6 Å². The number of hydrogen-bond acceptors (Lipinski definition) is 6. The molecule has 1 saturated heterocycles. The van der Waals surface area contributed by atoms with Gasteiger partial charge in [-0.15, -0.1) is 0 Å². The van der Waals surface area contributed by atoms with Gasteiger partial charge in [0.15, 0.2) is 5.75 Å². The number of aromatic nitrogens is 1. The maximum Gasteiger partial charge on any atom is 0.416 e. The number of aliphatic imine (C=N–C) groups is 1. The first kappa shape index (κ1) is 24.9. The number of hydrogen-bond donors (Lipinski definition) is 0. The van der Waals surface area contributed by atoms with Gasteiger partial charge in [0.05, 0.1) is 23.8 Å². The number of methoxy groups -OCH3 is 1. The first-order valence-electron chi connectivity index (χ1n) is 11.5. The molecule has 1 atom stereocenters. The summed E-state index contributed by atoms with van der Waals surface area (Å²) in [5.41, 5.74) is 0.131. The highest BCUT2D eigenvalue weighted by Crippen LogP contribution is 2.42. The molecule has 7 nitrogen and oxygen atoms in total. The topological polar surface area (TPSA) is 67.3 Å². The second-order valence-corrected chi connectivity index (χ2v) is 9.07. The Kier molecular flexibility index (Phi) is 6.45. The molecule has 1 aromatic heterocycles. The number of nitrogens with zero attached hydrogens (tertiary/aromatic N) is 4. The number of pyridine rings is 1. The van der Waals surface area contributed by atoms with Crippen molar-refractivity contribution in [1.29, 1.82) is 0 Å². The maximum atomic E-state index is 13.4. The molecule has 0 N–H and O–H groups in total. The molecule has 1 amide bonds. The van der Waals surface area contributed by atoms with Gasteiger partial charge in [0, 0.05) is 31.9 Å². The molecular weight excluding hydrogens is 509 g/mol. The molecule has 37 heavy (non-hydrogen) atoms. The van der Waals surface area contributed by atoms with Crippen molar-refractivity contribution < 1.29 is 27.4 Å². The van der Waals surface area contributed by atoms with Gasteiger partial charge in [-0.2, -0.15) is 13.2 Å². The van der Waals surface area contributed by atoms with E-state index in [1.165, 1.54) is 19.4 Å². The lowest BCUT2D eigenvalue weighted by molar-refractivity contribution is -0.137. The molecule has 3 heterocycles. The van der Waals surface area contributed by atoms with Gasteiger partial charge in [0.25, 0.3) is 5.91 Å². The van der Waals surface area contributed by atoms with Crippen LogP contribution in [-0.2, 0) is 6.18 Å². The Morgan fingerprint density at radius 1 is 1.14 bits per heavy atom. The minimum Gasteiger partial charge on any atom is -0.497 e. The van der Waals surface area contributed by atoms with Crippen molar-refractivity contribution in [1.82, 2.24) is 14.8 Å². The fourth-order valence-electron chi connectivity index (χ4n) is 4.45. The van der Waals surface area contributed by atoms with E-state index in [-0.39, 0.29) is 28.5 Å². The first-order valence-corrected chi connectivity index (χ1v) is 11.9. The second-order valence-electron chi connectivity index (χ2n) is 8.72. The average molecular weight is 531 g/mol. The molecule has 192 valence electrons. The van der Waals surface area contributed by atoms with Crippen LogP contribution in [0.2, 0.25) is 5.15 Å². The lowest BCUT2D eigenvalue weighted by Gasteiger charge is -2.41. The van der Waals surface area contributed by atoms with E-state index in [4.69, 9.17) is 21.1 Å². The van der Waals surface area contributed by atoms with Gasteiger partial charge in [-0.25, -0.2) is 9.98 Å². The minimum atomic E-state index is -4.53. The summed E-state index contributed by atoms with van der Waals surface area (Å²) in [6.45, 7) is 3.01. The number of alkyl halides is 3. The molecule has 0 saturated carbocycles. The van der Waals surface area contributed by atoms with Gasteiger partial charge < -0.3 is 19.3 Å². The molecule has 0 spiro atoms. The summed E-state index contributed by atoms with van der Waals surface area (Å²) in [5.74, 6) is 1.39. The SMILES string of the molecule is COc1ccc2c(c1)C(N1CCN(C(=O)c3cccnc3Cl)[C@H](C)C1)=Nc1cc(C(F)(F)F)ccc1O2. The number of amidine groups is 1. The highest BCUT2D eigenvalue weighted by molar-refractivity contribution is 6.32. The number of halogens is 4. The summed E-state index contributed by atoms with van der Waals surface area (Å²) in [4.78, 5) is 25.4. The van der Waals surface area contributed by atoms with E-state index >= 15 is 0 Å². The van der Waals surface area contributed by atoms with Crippen LogP contribution in [0.5, 0.6) is 17.2 Å². The third-order valence-corrected chi connectivity index (χ3v) is 6.64. The van der Waals surface area contributed by atoms with Crippen LogP contribution in [0.1, 0.15) is 28.4 Å². The zero-order valence-electron chi connectivity index (χ0n) is 19.9. The summed E-state index contributed by atoms with van der Waals surface area (Å²) in [6, 6.07) is 11.4. The Morgan fingerprint density at radius 3 is 2.62 bits per heavy atom. The van der Waals surface area contributed by atoms with Crippen molar-refractivity contribution in [2.24, 2.45) is 4.99 Å².